The first kappa shape index (κ1) is 15.1. The third-order valence-electron chi connectivity index (χ3n) is 2.83. The summed E-state index contributed by atoms with van der Waals surface area (Å²) in [5.41, 5.74) is 6.39. The molecule has 0 saturated carbocycles. The Labute approximate surface area is 123 Å². The molecule has 0 radical (unpaired) electrons. The molecule has 2 aromatic rings. The maximum absolute atomic E-state index is 12.0. The van der Waals surface area contributed by atoms with Crippen LogP contribution in [0.1, 0.15) is 10.4 Å². The second-order valence-corrected chi connectivity index (χ2v) is 6.50. The molecule has 2 N–H and O–H groups in total. The summed E-state index contributed by atoms with van der Waals surface area (Å²) in [5.74, 6) is -0.807. The molecule has 0 fully saturated rings. The normalized spacial score (nSPS) is 11.0. The van der Waals surface area contributed by atoms with E-state index in [2.05, 4.69) is 0 Å². The van der Waals surface area contributed by atoms with Gasteiger partial charge in [0.2, 0.25) is 0 Å². The van der Waals surface area contributed by atoms with Crippen LogP contribution in [0.5, 0.6) is 0 Å². The minimum atomic E-state index is -3.49. The number of benzene rings is 2. The van der Waals surface area contributed by atoms with Gasteiger partial charge in [-0.3, -0.25) is 0 Å². The van der Waals surface area contributed by atoms with E-state index < -0.39 is 15.8 Å². The largest absolute Gasteiger partial charge is 0.461 e. The lowest BCUT2D eigenvalue weighted by Crippen LogP contribution is -2.15. The molecular weight excluding hydrogens is 290 g/mol. The van der Waals surface area contributed by atoms with Crippen molar-refractivity contribution in [2.24, 2.45) is 0 Å². The lowest BCUT2D eigenvalue weighted by molar-refractivity contribution is 0.0529. The number of carbonyl (C=O) groups is 1. The van der Waals surface area contributed by atoms with Crippen molar-refractivity contribution in [2.75, 3.05) is 18.1 Å². The highest BCUT2D eigenvalue weighted by Gasteiger charge is 2.15. The first-order valence-corrected chi connectivity index (χ1v) is 7.95. The Bertz CT molecular complexity index is 709. The van der Waals surface area contributed by atoms with Crippen LogP contribution in [-0.2, 0) is 14.6 Å². The van der Waals surface area contributed by atoms with E-state index >= 15 is 0 Å². The molecule has 6 heteroatoms. The van der Waals surface area contributed by atoms with Gasteiger partial charge in [-0.2, -0.15) is 0 Å². The Morgan fingerprint density at radius 1 is 1.00 bits per heavy atom. The van der Waals surface area contributed by atoms with Crippen LogP contribution in [0.3, 0.4) is 0 Å². The van der Waals surface area contributed by atoms with E-state index in [1.807, 2.05) is 0 Å². The minimum absolute atomic E-state index is 0.160. The van der Waals surface area contributed by atoms with Crippen molar-refractivity contribution >= 4 is 21.5 Å². The number of esters is 1. The summed E-state index contributed by atoms with van der Waals surface area (Å²) < 4.78 is 29.0. The van der Waals surface area contributed by atoms with Crippen LogP contribution in [0, 0.1) is 0 Å². The Morgan fingerprint density at radius 2 is 1.62 bits per heavy atom. The first-order valence-electron chi connectivity index (χ1n) is 6.29. The van der Waals surface area contributed by atoms with Gasteiger partial charge in [-0.25, -0.2) is 13.2 Å². The summed E-state index contributed by atoms with van der Waals surface area (Å²) >= 11 is 0. The van der Waals surface area contributed by atoms with Gasteiger partial charge in [0.15, 0.2) is 9.84 Å². The molecule has 0 amide bonds. The number of anilines is 1. The lowest BCUT2D eigenvalue weighted by Gasteiger charge is -2.06. The minimum Gasteiger partial charge on any atom is -0.461 e. The summed E-state index contributed by atoms with van der Waals surface area (Å²) in [6, 6.07) is 14.3. The number of ether oxygens (including phenoxy) is 1. The van der Waals surface area contributed by atoms with Crippen molar-refractivity contribution in [3.05, 3.63) is 60.2 Å². The van der Waals surface area contributed by atoms with E-state index in [1.165, 1.54) is 24.3 Å². The van der Waals surface area contributed by atoms with Crippen LogP contribution in [0.15, 0.2) is 59.5 Å². The molecule has 0 aliphatic carbocycles. The Balaban J connectivity index is 1.94. The third kappa shape index (κ3) is 4.06. The van der Waals surface area contributed by atoms with Crippen LogP contribution in [0.2, 0.25) is 0 Å². The van der Waals surface area contributed by atoms with Crippen LogP contribution >= 0.6 is 0 Å². The molecule has 0 aliphatic heterocycles. The number of hydrogen-bond donors (Lipinski definition) is 1. The molecule has 0 heterocycles. The van der Waals surface area contributed by atoms with Gasteiger partial charge >= 0.3 is 5.97 Å². The molecule has 2 aromatic carbocycles. The van der Waals surface area contributed by atoms with Gasteiger partial charge in [-0.05, 0) is 36.4 Å². The standard InChI is InChI=1S/C15H15NO4S/c16-13-6-8-14(9-7-13)21(18,19)11-10-20-15(17)12-4-2-1-3-5-12/h1-9H,10-11,16H2. The van der Waals surface area contributed by atoms with Crippen molar-refractivity contribution in [3.8, 4) is 0 Å². The van der Waals surface area contributed by atoms with Crippen molar-refractivity contribution in [1.29, 1.82) is 0 Å². The predicted molar refractivity (Wildman–Crippen MR) is 79.6 cm³/mol. The number of hydrogen-bond acceptors (Lipinski definition) is 5. The fraction of sp³-hybridized carbons (Fsp3) is 0.133. The zero-order valence-electron chi connectivity index (χ0n) is 11.2. The van der Waals surface area contributed by atoms with Crippen molar-refractivity contribution in [3.63, 3.8) is 0 Å². The highest BCUT2D eigenvalue weighted by Crippen LogP contribution is 2.13. The first-order chi connectivity index (χ1) is 9.99. The zero-order valence-corrected chi connectivity index (χ0v) is 12.0. The fourth-order valence-corrected chi connectivity index (χ4v) is 2.78. The van der Waals surface area contributed by atoms with E-state index in [0.717, 1.165) is 0 Å². The van der Waals surface area contributed by atoms with Crippen molar-refractivity contribution in [2.45, 2.75) is 4.90 Å². The Kier molecular flexibility index (Phi) is 4.59. The summed E-state index contributed by atoms with van der Waals surface area (Å²) in [5, 5.41) is 0. The predicted octanol–water partition coefficient (Wildman–Crippen LogP) is 1.90. The summed E-state index contributed by atoms with van der Waals surface area (Å²) in [4.78, 5) is 11.8. The zero-order chi connectivity index (χ0) is 15.3. The van der Waals surface area contributed by atoms with E-state index in [1.54, 1.807) is 30.3 Å². The molecule has 21 heavy (non-hydrogen) atoms. The Morgan fingerprint density at radius 3 is 2.24 bits per heavy atom. The molecule has 0 aliphatic rings. The van der Waals surface area contributed by atoms with Gasteiger partial charge in [0.05, 0.1) is 16.2 Å². The van der Waals surface area contributed by atoms with E-state index in [0.29, 0.717) is 11.3 Å². The molecule has 0 saturated heterocycles. The Hall–Kier alpha value is -2.34. The maximum Gasteiger partial charge on any atom is 0.338 e. The van der Waals surface area contributed by atoms with Crippen LogP contribution in [0.4, 0.5) is 5.69 Å². The second kappa shape index (κ2) is 6.41. The van der Waals surface area contributed by atoms with E-state index in [-0.39, 0.29) is 17.3 Å². The highest BCUT2D eigenvalue weighted by atomic mass is 32.2. The fourth-order valence-electron chi connectivity index (χ4n) is 1.69. The number of carbonyl (C=O) groups excluding carboxylic acids is 1. The van der Waals surface area contributed by atoms with Gasteiger partial charge in [-0.15, -0.1) is 0 Å². The molecular formula is C15H15NO4S. The van der Waals surface area contributed by atoms with E-state index in [9.17, 15) is 13.2 Å². The molecule has 2 rings (SSSR count). The highest BCUT2D eigenvalue weighted by molar-refractivity contribution is 7.91. The van der Waals surface area contributed by atoms with E-state index in [4.69, 9.17) is 10.5 Å². The van der Waals surface area contributed by atoms with Crippen molar-refractivity contribution < 1.29 is 17.9 Å². The van der Waals surface area contributed by atoms with Gasteiger partial charge in [0.25, 0.3) is 0 Å². The van der Waals surface area contributed by atoms with Gasteiger partial charge < -0.3 is 10.5 Å². The number of nitrogens with two attached hydrogens (primary N) is 1. The van der Waals surface area contributed by atoms with Crippen LogP contribution in [-0.4, -0.2) is 26.7 Å². The quantitative estimate of drug-likeness (QED) is 0.673. The average molecular weight is 305 g/mol. The molecule has 110 valence electrons. The molecule has 0 bridgehead atoms. The van der Waals surface area contributed by atoms with Crippen LogP contribution in [0.25, 0.3) is 0 Å². The summed E-state index contributed by atoms with van der Waals surface area (Å²) in [6.45, 7) is -0.194. The summed E-state index contributed by atoms with van der Waals surface area (Å²) in [6.07, 6.45) is 0. The monoisotopic (exact) mass is 305 g/mol. The second-order valence-electron chi connectivity index (χ2n) is 4.39. The average Bonchev–Trinajstić information content (AvgIpc) is 2.48. The van der Waals surface area contributed by atoms with Crippen molar-refractivity contribution in [1.82, 2.24) is 0 Å². The smallest absolute Gasteiger partial charge is 0.338 e. The molecule has 0 aromatic heterocycles. The molecule has 0 unspecified atom stereocenters. The van der Waals surface area contributed by atoms with Gasteiger partial charge in [0.1, 0.15) is 6.61 Å². The van der Waals surface area contributed by atoms with Gasteiger partial charge in [0, 0.05) is 5.69 Å². The SMILES string of the molecule is Nc1ccc(S(=O)(=O)CCOC(=O)c2ccccc2)cc1. The molecule has 0 spiro atoms. The molecule has 0 atom stereocenters. The third-order valence-corrected chi connectivity index (χ3v) is 4.53. The van der Waals surface area contributed by atoms with Crippen LogP contribution < -0.4 is 5.73 Å². The topological polar surface area (TPSA) is 86.5 Å². The van der Waals surface area contributed by atoms with Gasteiger partial charge in [-0.1, -0.05) is 18.2 Å². The number of nitrogen functional groups attached to an aromatic ring is 1. The lowest BCUT2D eigenvalue weighted by atomic mass is 10.2. The number of sulfone groups is 1. The number of rotatable bonds is 5. The summed E-state index contributed by atoms with van der Waals surface area (Å²) in [7, 11) is -3.49. The molecule has 5 nitrogen and oxygen atoms in total. The maximum atomic E-state index is 12.0.